The molecule has 0 spiro atoms. The van der Waals surface area contributed by atoms with Crippen molar-refractivity contribution in [2.45, 2.75) is 19.0 Å². The molecule has 0 aliphatic rings. The molecule has 7 nitrogen and oxygen atoms in total. The highest BCUT2D eigenvalue weighted by Crippen LogP contribution is 2.17. The van der Waals surface area contributed by atoms with Gasteiger partial charge in [-0.2, -0.15) is 10.1 Å². The first-order valence-corrected chi connectivity index (χ1v) is 8.28. The fourth-order valence-electron chi connectivity index (χ4n) is 1.72. The largest absolute Gasteiger partial charge is 0.507 e. The van der Waals surface area contributed by atoms with E-state index in [1.165, 1.54) is 24.0 Å². The number of nitrogens with zero attached hydrogens (tertiary/aromatic N) is 3. The summed E-state index contributed by atoms with van der Waals surface area (Å²) in [5.41, 5.74) is 3.61. The Kier molecular flexibility index (Phi) is 6.56. The Morgan fingerprint density at radius 2 is 2.21 bits per heavy atom. The number of hydrogen-bond donors (Lipinski definition) is 2. The van der Waals surface area contributed by atoms with Crippen LogP contribution in [0.1, 0.15) is 18.2 Å². The number of hydrazone groups is 1. The molecule has 1 amide bonds. The van der Waals surface area contributed by atoms with Gasteiger partial charge in [-0.25, -0.2) is 10.4 Å². The maximum Gasteiger partial charge on any atom is 0.278 e. The number of amides is 1. The topological polar surface area (TPSA) is 96.7 Å². The van der Waals surface area contributed by atoms with Crippen LogP contribution in [0, 0.1) is 6.92 Å². The second kappa shape index (κ2) is 8.88. The summed E-state index contributed by atoms with van der Waals surface area (Å²) in [5, 5.41) is 14.0. The monoisotopic (exact) mass is 346 g/mol. The Balaban J connectivity index is 1.86. The van der Waals surface area contributed by atoms with Gasteiger partial charge in [0.15, 0.2) is 11.8 Å². The van der Waals surface area contributed by atoms with Gasteiger partial charge in [0, 0.05) is 17.3 Å². The molecule has 1 heterocycles. The number of rotatable bonds is 7. The third-order valence-electron chi connectivity index (χ3n) is 2.76. The van der Waals surface area contributed by atoms with Gasteiger partial charge in [0.1, 0.15) is 5.75 Å². The SMILES string of the molecule is CCSc1nc(C)cc(OCC(=O)NN=Cc2ccccc2O)n1. The summed E-state index contributed by atoms with van der Waals surface area (Å²) in [7, 11) is 0. The first-order chi connectivity index (χ1) is 11.6. The lowest BCUT2D eigenvalue weighted by atomic mass is 10.2. The molecule has 2 rings (SSSR count). The highest BCUT2D eigenvalue weighted by atomic mass is 32.2. The molecule has 0 aliphatic carbocycles. The van der Waals surface area contributed by atoms with E-state index < -0.39 is 5.91 Å². The average Bonchev–Trinajstić information content (AvgIpc) is 2.55. The van der Waals surface area contributed by atoms with Crippen LogP contribution in [0.25, 0.3) is 0 Å². The van der Waals surface area contributed by atoms with Crippen molar-refractivity contribution in [3.63, 3.8) is 0 Å². The van der Waals surface area contributed by atoms with Crippen LogP contribution in [0.15, 0.2) is 40.6 Å². The molecule has 0 radical (unpaired) electrons. The van der Waals surface area contributed by atoms with Crippen LogP contribution in [0.5, 0.6) is 11.6 Å². The zero-order valence-electron chi connectivity index (χ0n) is 13.4. The molecule has 0 fully saturated rings. The smallest absolute Gasteiger partial charge is 0.278 e. The molecule has 0 saturated carbocycles. The van der Waals surface area contributed by atoms with Crippen LogP contribution in [-0.2, 0) is 4.79 Å². The third kappa shape index (κ3) is 5.54. The summed E-state index contributed by atoms with van der Waals surface area (Å²) in [5.74, 6) is 0.856. The van der Waals surface area contributed by atoms with E-state index in [0.717, 1.165) is 11.4 Å². The summed E-state index contributed by atoms with van der Waals surface area (Å²) in [4.78, 5) is 20.2. The highest BCUT2D eigenvalue weighted by Gasteiger charge is 2.06. The summed E-state index contributed by atoms with van der Waals surface area (Å²) in [6, 6.07) is 8.34. The molecule has 0 aliphatic heterocycles. The highest BCUT2D eigenvalue weighted by molar-refractivity contribution is 7.99. The van der Waals surface area contributed by atoms with E-state index in [2.05, 4.69) is 20.5 Å². The molecule has 126 valence electrons. The molecule has 2 N–H and O–H groups in total. The summed E-state index contributed by atoms with van der Waals surface area (Å²) in [6.07, 6.45) is 1.36. The van der Waals surface area contributed by atoms with Gasteiger partial charge in [0.25, 0.3) is 5.91 Å². The molecule has 24 heavy (non-hydrogen) atoms. The number of benzene rings is 1. The number of phenolic OH excluding ortho intramolecular Hbond substituents is 1. The van der Waals surface area contributed by atoms with E-state index in [-0.39, 0.29) is 12.4 Å². The van der Waals surface area contributed by atoms with Crippen LogP contribution in [0.3, 0.4) is 0 Å². The molecular weight excluding hydrogens is 328 g/mol. The minimum Gasteiger partial charge on any atom is -0.507 e. The van der Waals surface area contributed by atoms with Crippen molar-refractivity contribution in [3.8, 4) is 11.6 Å². The van der Waals surface area contributed by atoms with Crippen molar-refractivity contribution in [2.75, 3.05) is 12.4 Å². The van der Waals surface area contributed by atoms with Gasteiger partial charge >= 0.3 is 0 Å². The molecule has 0 bridgehead atoms. The van der Waals surface area contributed by atoms with Crippen LogP contribution >= 0.6 is 11.8 Å². The molecule has 0 atom stereocenters. The van der Waals surface area contributed by atoms with Gasteiger partial charge in [0.2, 0.25) is 5.88 Å². The summed E-state index contributed by atoms with van der Waals surface area (Å²) >= 11 is 1.50. The number of carbonyl (C=O) groups excluding carboxylic acids is 1. The van der Waals surface area contributed by atoms with Gasteiger partial charge in [-0.05, 0) is 24.8 Å². The maximum atomic E-state index is 11.7. The van der Waals surface area contributed by atoms with E-state index >= 15 is 0 Å². The van der Waals surface area contributed by atoms with Crippen molar-refractivity contribution in [1.82, 2.24) is 15.4 Å². The average molecular weight is 346 g/mol. The second-order valence-corrected chi connectivity index (χ2v) is 5.93. The fraction of sp³-hybridized carbons (Fsp3) is 0.250. The Morgan fingerprint density at radius 3 is 2.96 bits per heavy atom. The normalized spacial score (nSPS) is 10.8. The quantitative estimate of drug-likeness (QED) is 0.345. The Labute approximate surface area is 144 Å². The molecule has 0 unspecified atom stereocenters. The van der Waals surface area contributed by atoms with Gasteiger partial charge < -0.3 is 9.84 Å². The molecule has 0 saturated heterocycles. The minimum absolute atomic E-state index is 0.0872. The number of para-hydroxylation sites is 1. The fourth-order valence-corrected chi connectivity index (χ4v) is 2.34. The predicted molar refractivity (Wildman–Crippen MR) is 92.5 cm³/mol. The molecule has 2 aromatic rings. The first-order valence-electron chi connectivity index (χ1n) is 7.29. The zero-order chi connectivity index (χ0) is 17.4. The van der Waals surface area contributed by atoms with Crippen molar-refractivity contribution >= 4 is 23.9 Å². The number of ether oxygens (including phenoxy) is 1. The number of phenols is 1. The second-order valence-electron chi connectivity index (χ2n) is 4.70. The number of aromatic hydroxyl groups is 1. The van der Waals surface area contributed by atoms with Gasteiger partial charge in [-0.3, -0.25) is 4.79 Å². The molecule has 1 aromatic heterocycles. The van der Waals surface area contributed by atoms with Crippen molar-refractivity contribution in [3.05, 3.63) is 41.6 Å². The molecule has 8 heteroatoms. The lowest BCUT2D eigenvalue weighted by Gasteiger charge is -2.06. The van der Waals surface area contributed by atoms with Crippen LogP contribution in [0.2, 0.25) is 0 Å². The third-order valence-corrected chi connectivity index (χ3v) is 3.49. The van der Waals surface area contributed by atoms with E-state index in [1.54, 1.807) is 24.3 Å². The van der Waals surface area contributed by atoms with Gasteiger partial charge in [-0.15, -0.1) is 0 Å². The van der Waals surface area contributed by atoms with Crippen molar-refractivity contribution < 1.29 is 14.6 Å². The Hall–Kier alpha value is -2.61. The molecular formula is C16H18N4O3S. The van der Waals surface area contributed by atoms with Crippen molar-refractivity contribution in [1.29, 1.82) is 0 Å². The lowest BCUT2D eigenvalue weighted by Crippen LogP contribution is -2.25. The zero-order valence-corrected chi connectivity index (χ0v) is 14.2. The predicted octanol–water partition coefficient (Wildman–Crippen LogP) is 2.13. The molecule has 1 aromatic carbocycles. The van der Waals surface area contributed by atoms with Crippen LogP contribution < -0.4 is 10.2 Å². The first kappa shape index (κ1) is 17.7. The number of aryl methyl sites for hydroxylation is 1. The van der Waals surface area contributed by atoms with Gasteiger partial charge in [0.05, 0.1) is 6.21 Å². The lowest BCUT2D eigenvalue weighted by molar-refractivity contribution is -0.123. The minimum atomic E-state index is -0.428. The van der Waals surface area contributed by atoms with Crippen LogP contribution in [-0.4, -0.2) is 39.6 Å². The van der Waals surface area contributed by atoms with E-state index in [9.17, 15) is 9.90 Å². The number of thioether (sulfide) groups is 1. The Bertz CT molecular complexity index is 737. The summed E-state index contributed by atoms with van der Waals surface area (Å²) < 4.78 is 5.36. The number of carbonyl (C=O) groups is 1. The van der Waals surface area contributed by atoms with Gasteiger partial charge in [-0.1, -0.05) is 30.8 Å². The van der Waals surface area contributed by atoms with E-state index in [1.807, 2.05) is 13.8 Å². The number of hydrogen-bond acceptors (Lipinski definition) is 7. The van der Waals surface area contributed by atoms with E-state index in [4.69, 9.17) is 4.74 Å². The number of nitrogens with one attached hydrogen (secondary N) is 1. The van der Waals surface area contributed by atoms with Crippen molar-refractivity contribution in [2.24, 2.45) is 5.10 Å². The standard InChI is InChI=1S/C16H18N4O3S/c1-3-24-16-18-11(2)8-15(19-16)23-10-14(22)20-17-9-12-6-4-5-7-13(12)21/h4-9,21H,3,10H2,1-2H3,(H,20,22). The van der Waals surface area contributed by atoms with Crippen LogP contribution in [0.4, 0.5) is 0 Å². The Morgan fingerprint density at radius 1 is 1.42 bits per heavy atom. The number of aromatic nitrogens is 2. The van der Waals surface area contributed by atoms with E-state index in [0.29, 0.717) is 16.6 Å². The summed E-state index contributed by atoms with van der Waals surface area (Å²) in [6.45, 7) is 3.63. The maximum absolute atomic E-state index is 11.7.